The molecule has 98 valence electrons. The maximum absolute atomic E-state index is 5.94. The summed E-state index contributed by atoms with van der Waals surface area (Å²) in [6.45, 7) is 0. The largest absolute Gasteiger partial charge is 0.383 e. The molecule has 1 aromatic carbocycles. The molecule has 0 radical (unpaired) electrons. The lowest BCUT2D eigenvalue weighted by atomic mass is 10.1. The monoisotopic (exact) mass is 262 g/mol. The maximum Gasteiger partial charge on any atom is 0.133 e. The minimum Gasteiger partial charge on any atom is -0.383 e. The lowest BCUT2D eigenvalue weighted by Gasteiger charge is -1.98. The van der Waals surface area contributed by atoms with Crippen molar-refractivity contribution in [2.45, 2.75) is 0 Å². The van der Waals surface area contributed by atoms with Gasteiger partial charge in [-0.15, -0.1) is 0 Å². The Morgan fingerprint density at radius 1 is 0.950 bits per heavy atom. The molecule has 2 aliphatic rings. The van der Waals surface area contributed by atoms with Crippen LogP contribution in [0, 0.1) is 0 Å². The number of hydrogen-bond acceptors (Lipinski definition) is 4. The van der Waals surface area contributed by atoms with E-state index < -0.39 is 0 Å². The Morgan fingerprint density at radius 3 is 2.45 bits per heavy atom. The lowest BCUT2D eigenvalue weighted by molar-refractivity contribution is 1.35. The van der Waals surface area contributed by atoms with Crippen molar-refractivity contribution in [3.05, 3.63) is 66.2 Å². The van der Waals surface area contributed by atoms with E-state index >= 15 is 0 Å². The summed E-state index contributed by atoms with van der Waals surface area (Å²) in [6, 6.07) is 19.5. The number of nitrogens with zero attached hydrogens (tertiary/aromatic N) is 2. The number of hydrogen-bond donors (Lipinski definition) is 2. The molecular formula is C16H14N4. The van der Waals surface area contributed by atoms with Gasteiger partial charge in [-0.2, -0.15) is 5.10 Å². The van der Waals surface area contributed by atoms with Crippen molar-refractivity contribution in [2.24, 2.45) is 5.10 Å². The molecule has 0 saturated heterocycles. The molecule has 4 heteroatoms. The SMILES string of the molecule is Nc1nc2cccccc-2c1/C=N/Nc1ccccc1. The number of aromatic nitrogens is 1. The van der Waals surface area contributed by atoms with Crippen molar-refractivity contribution in [3.8, 4) is 11.3 Å². The first-order valence-electron chi connectivity index (χ1n) is 6.33. The molecule has 1 aromatic rings. The number of fused-ring (bicyclic) bond motifs is 1. The van der Waals surface area contributed by atoms with Gasteiger partial charge in [0.15, 0.2) is 0 Å². The van der Waals surface area contributed by atoms with E-state index in [1.807, 2.05) is 60.7 Å². The van der Waals surface area contributed by atoms with Crippen LogP contribution in [0.5, 0.6) is 0 Å². The van der Waals surface area contributed by atoms with Gasteiger partial charge in [-0.3, -0.25) is 5.43 Å². The Balaban J connectivity index is 1.87. The highest BCUT2D eigenvalue weighted by Gasteiger charge is 2.12. The quantitative estimate of drug-likeness (QED) is 0.562. The van der Waals surface area contributed by atoms with E-state index in [1.165, 1.54) is 0 Å². The maximum atomic E-state index is 5.94. The molecule has 20 heavy (non-hydrogen) atoms. The molecule has 0 bridgehead atoms. The molecule has 0 amide bonds. The van der Waals surface area contributed by atoms with Gasteiger partial charge >= 0.3 is 0 Å². The predicted octanol–water partition coefficient (Wildman–Crippen LogP) is 3.21. The van der Waals surface area contributed by atoms with E-state index in [0.717, 1.165) is 22.5 Å². The summed E-state index contributed by atoms with van der Waals surface area (Å²) in [5.41, 5.74) is 12.5. The van der Waals surface area contributed by atoms with E-state index in [0.29, 0.717) is 5.82 Å². The highest BCUT2D eigenvalue weighted by atomic mass is 15.3. The van der Waals surface area contributed by atoms with Gasteiger partial charge in [0, 0.05) is 11.1 Å². The standard InChI is InChI=1S/C16H14N4/c17-16-14(11-18-20-12-7-3-1-4-8-12)13-9-5-2-6-10-15(13)19-16/h1-11,20H,(H2,17,19)/b18-11+. The number of benzene rings is 1. The van der Waals surface area contributed by atoms with Gasteiger partial charge in [-0.1, -0.05) is 42.5 Å². The Kier molecular flexibility index (Phi) is 3.29. The summed E-state index contributed by atoms with van der Waals surface area (Å²) in [6.07, 6.45) is 1.71. The van der Waals surface area contributed by atoms with Crippen molar-refractivity contribution in [1.82, 2.24) is 4.98 Å². The second-order valence-corrected chi connectivity index (χ2v) is 4.36. The summed E-state index contributed by atoms with van der Waals surface area (Å²) in [5.74, 6) is 0.491. The molecule has 1 aliphatic carbocycles. The fraction of sp³-hybridized carbons (Fsp3) is 0. The van der Waals surface area contributed by atoms with E-state index in [9.17, 15) is 0 Å². The van der Waals surface area contributed by atoms with Crippen molar-refractivity contribution < 1.29 is 0 Å². The van der Waals surface area contributed by atoms with E-state index in [2.05, 4.69) is 15.5 Å². The zero-order valence-corrected chi connectivity index (χ0v) is 10.8. The van der Waals surface area contributed by atoms with Crippen LogP contribution >= 0.6 is 0 Å². The number of nitrogens with one attached hydrogen (secondary N) is 1. The zero-order chi connectivity index (χ0) is 13.8. The minimum atomic E-state index is 0.491. The topological polar surface area (TPSA) is 63.3 Å². The number of rotatable bonds is 3. The Hall–Kier alpha value is -2.88. The van der Waals surface area contributed by atoms with Crippen LogP contribution in [0.25, 0.3) is 11.3 Å². The molecule has 1 heterocycles. The number of anilines is 2. The van der Waals surface area contributed by atoms with Crippen molar-refractivity contribution in [1.29, 1.82) is 0 Å². The van der Waals surface area contributed by atoms with E-state index in [-0.39, 0.29) is 0 Å². The zero-order valence-electron chi connectivity index (χ0n) is 10.8. The third-order valence-electron chi connectivity index (χ3n) is 2.98. The smallest absolute Gasteiger partial charge is 0.133 e. The lowest BCUT2D eigenvalue weighted by Crippen LogP contribution is -1.93. The average molecular weight is 262 g/mol. The van der Waals surface area contributed by atoms with E-state index in [4.69, 9.17) is 5.73 Å². The molecule has 4 nitrogen and oxygen atoms in total. The van der Waals surface area contributed by atoms with Crippen molar-refractivity contribution in [3.63, 3.8) is 0 Å². The number of nitrogen functional groups attached to an aromatic ring is 1. The molecule has 0 aromatic heterocycles. The summed E-state index contributed by atoms with van der Waals surface area (Å²) in [5, 5.41) is 4.22. The number of para-hydroxylation sites is 1. The van der Waals surface area contributed by atoms with Crippen LogP contribution in [0.3, 0.4) is 0 Å². The summed E-state index contributed by atoms with van der Waals surface area (Å²) < 4.78 is 0. The van der Waals surface area contributed by atoms with Gasteiger partial charge in [0.1, 0.15) is 5.82 Å². The third-order valence-corrected chi connectivity index (χ3v) is 2.98. The molecule has 0 saturated carbocycles. The van der Waals surface area contributed by atoms with Gasteiger partial charge in [0.25, 0.3) is 0 Å². The van der Waals surface area contributed by atoms with Gasteiger partial charge in [-0.25, -0.2) is 4.98 Å². The normalized spacial score (nSPS) is 11.0. The van der Waals surface area contributed by atoms with Gasteiger partial charge in [0.05, 0.1) is 17.6 Å². The Morgan fingerprint density at radius 2 is 1.65 bits per heavy atom. The second-order valence-electron chi connectivity index (χ2n) is 4.36. The highest BCUT2D eigenvalue weighted by Crippen LogP contribution is 2.27. The highest BCUT2D eigenvalue weighted by molar-refractivity contribution is 5.96. The van der Waals surface area contributed by atoms with Crippen LogP contribution < -0.4 is 11.2 Å². The third kappa shape index (κ3) is 2.44. The van der Waals surface area contributed by atoms with Crippen LogP contribution in [0.2, 0.25) is 0 Å². The summed E-state index contributed by atoms with van der Waals surface area (Å²) in [7, 11) is 0. The summed E-state index contributed by atoms with van der Waals surface area (Å²) in [4.78, 5) is 4.34. The van der Waals surface area contributed by atoms with Gasteiger partial charge in [-0.05, 0) is 18.2 Å². The predicted molar refractivity (Wildman–Crippen MR) is 82.9 cm³/mol. The van der Waals surface area contributed by atoms with Gasteiger partial charge in [0.2, 0.25) is 0 Å². The first-order valence-corrected chi connectivity index (χ1v) is 6.33. The Bertz CT molecular complexity index is 707. The van der Waals surface area contributed by atoms with Crippen molar-refractivity contribution >= 4 is 17.7 Å². The second kappa shape index (κ2) is 5.40. The van der Waals surface area contributed by atoms with Crippen LogP contribution in [-0.4, -0.2) is 11.2 Å². The molecule has 1 aliphatic heterocycles. The number of nitrogens with two attached hydrogens (primary N) is 1. The van der Waals surface area contributed by atoms with Gasteiger partial charge < -0.3 is 5.73 Å². The molecule has 0 fully saturated rings. The first-order chi connectivity index (χ1) is 9.84. The molecular weight excluding hydrogens is 248 g/mol. The molecule has 3 N–H and O–H groups in total. The fourth-order valence-corrected chi connectivity index (χ4v) is 2.01. The number of hydrazone groups is 1. The fourth-order valence-electron chi connectivity index (χ4n) is 2.01. The average Bonchev–Trinajstić information content (AvgIpc) is 2.64. The van der Waals surface area contributed by atoms with Crippen LogP contribution in [0.4, 0.5) is 11.5 Å². The molecule has 3 rings (SSSR count). The van der Waals surface area contributed by atoms with Crippen LogP contribution in [0.1, 0.15) is 5.56 Å². The molecule has 0 atom stereocenters. The van der Waals surface area contributed by atoms with E-state index in [1.54, 1.807) is 6.21 Å². The van der Waals surface area contributed by atoms with Crippen LogP contribution in [-0.2, 0) is 0 Å². The molecule has 0 spiro atoms. The first kappa shape index (κ1) is 12.2. The summed E-state index contributed by atoms with van der Waals surface area (Å²) >= 11 is 0. The van der Waals surface area contributed by atoms with Crippen LogP contribution in [0.15, 0.2) is 65.8 Å². The Labute approximate surface area is 117 Å². The molecule has 0 unspecified atom stereocenters. The van der Waals surface area contributed by atoms with Crippen molar-refractivity contribution in [2.75, 3.05) is 11.2 Å². The minimum absolute atomic E-state index is 0.491.